The molecule has 78 valence electrons. The maximum absolute atomic E-state index is 5.54. The Morgan fingerprint density at radius 3 is 2.79 bits per heavy atom. The average Bonchev–Trinajstić information content (AvgIpc) is 2.26. The van der Waals surface area contributed by atoms with Gasteiger partial charge in [0.1, 0.15) is 5.75 Å². The summed E-state index contributed by atoms with van der Waals surface area (Å²) in [7, 11) is 1.67. The summed E-state index contributed by atoms with van der Waals surface area (Å²) in [6.45, 7) is 3.68. The van der Waals surface area contributed by atoms with Crippen LogP contribution in [-0.4, -0.2) is 20.2 Å². The van der Waals surface area contributed by atoms with E-state index in [1.54, 1.807) is 7.11 Å². The molecule has 1 atom stereocenters. The molecule has 0 aliphatic heterocycles. The fourth-order valence-corrected chi connectivity index (χ4v) is 1.16. The monoisotopic (exact) mass is 194 g/mol. The van der Waals surface area contributed by atoms with Crippen LogP contribution in [0.3, 0.4) is 0 Å². The zero-order valence-electron chi connectivity index (χ0n) is 8.79. The van der Waals surface area contributed by atoms with Gasteiger partial charge in [0.05, 0.1) is 12.8 Å². The van der Waals surface area contributed by atoms with Gasteiger partial charge >= 0.3 is 0 Å². The van der Waals surface area contributed by atoms with Crippen LogP contribution in [0.5, 0.6) is 5.75 Å². The van der Waals surface area contributed by atoms with Crippen molar-refractivity contribution in [3.63, 3.8) is 0 Å². The Labute approximate surface area is 85.3 Å². The van der Waals surface area contributed by atoms with Gasteiger partial charge in [-0.1, -0.05) is 19.1 Å². The molecule has 3 heteroatoms. The minimum Gasteiger partial charge on any atom is -0.495 e. The van der Waals surface area contributed by atoms with Crippen LogP contribution in [0.1, 0.15) is 6.92 Å². The Kier molecular flexibility index (Phi) is 4.26. The van der Waals surface area contributed by atoms with Gasteiger partial charge in [-0.25, -0.2) is 0 Å². The molecule has 3 N–H and O–H groups in total. The number of rotatable bonds is 5. The number of anilines is 1. The van der Waals surface area contributed by atoms with E-state index in [0.717, 1.165) is 18.0 Å². The summed E-state index contributed by atoms with van der Waals surface area (Å²) in [5.41, 5.74) is 6.56. The lowest BCUT2D eigenvalue weighted by Gasteiger charge is -2.13. The molecular formula is C11H18N2O. The first kappa shape index (κ1) is 10.9. The molecule has 0 fully saturated rings. The van der Waals surface area contributed by atoms with E-state index in [4.69, 9.17) is 10.5 Å². The first-order valence-electron chi connectivity index (χ1n) is 4.85. The van der Waals surface area contributed by atoms with Gasteiger partial charge in [-0.2, -0.15) is 0 Å². The highest BCUT2D eigenvalue weighted by molar-refractivity contribution is 5.56. The molecule has 0 spiro atoms. The largest absolute Gasteiger partial charge is 0.495 e. The van der Waals surface area contributed by atoms with Crippen LogP contribution in [0, 0.1) is 5.92 Å². The van der Waals surface area contributed by atoms with Gasteiger partial charge in [-0.05, 0) is 24.6 Å². The van der Waals surface area contributed by atoms with E-state index in [0.29, 0.717) is 12.5 Å². The van der Waals surface area contributed by atoms with Crippen LogP contribution < -0.4 is 15.8 Å². The number of hydrogen-bond acceptors (Lipinski definition) is 3. The van der Waals surface area contributed by atoms with Gasteiger partial charge in [0.2, 0.25) is 0 Å². The molecule has 0 saturated heterocycles. The van der Waals surface area contributed by atoms with Gasteiger partial charge in [0, 0.05) is 6.54 Å². The first-order chi connectivity index (χ1) is 6.77. The van der Waals surface area contributed by atoms with Gasteiger partial charge in [-0.3, -0.25) is 0 Å². The summed E-state index contributed by atoms with van der Waals surface area (Å²) in [6.07, 6.45) is 0. The summed E-state index contributed by atoms with van der Waals surface area (Å²) in [5, 5.41) is 3.31. The van der Waals surface area contributed by atoms with Crippen molar-refractivity contribution in [3.8, 4) is 5.75 Å². The van der Waals surface area contributed by atoms with Gasteiger partial charge in [0.15, 0.2) is 0 Å². The van der Waals surface area contributed by atoms with E-state index in [1.165, 1.54) is 0 Å². The Morgan fingerprint density at radius 1 is 1.43 bits per heavy atom. The number of hydrogen-bond donors (Lipinski definition) is 2. The molecule has 14 heavy (non-hydrogen) atoms. The second-order valence-corrected chi connectivity index (χ2v) is 3.42. The van der Waals surface area contributed by atoms with E-state index < -0.39 is 0 Å². The van der Waals surface area contributed by atoms with Crippen LogP contribution in [-0.2, 0) is 0 Å². The molecule has 1 unspecified atom stereocenters. The van der Waals surface area contributed by atoms with E-state index >= 15 is 0 Å². The van der Waals surface area contributed by atoms with Crippen molar-refractivity contribution in [3.05, 3.63) is 24.3 Å². The fourth-order valence-electron chi connectivity index (χ4n) is 1.16. The summed E-state index contributed by atoms with van der Waals surface area (Å²) in [5.74, 6) is 1.34. The molecule has 0 aliphatic rings. The molecule has 0 heterocycles. The summed E-state index contributed by atoms with van der Waals surface area (Å²) in [4.78, 5) is 0. The van der Waals surface area contributed by atoms with Crippen molar-refractivity contribution in [1.82, 2.24) is 0 Å². The van der Waals surface area contributed by atoms with Crippen LogP contribution in [0.15, 0.2) is 24.3 Å². The predicted molar refractivity (Wildman–Crippen MR) is 59.7 cm³/mol. The smallest absolute Gasteiger partial charge is 0.141 e. The molecule has 1 rings (SSSR count). The molecule has 1 aromatic carbocycles. The van der Waals surface area contributed by atoms with Crippen molar-refractivity contribution in [2.75, 3.05) is 25.5 Å². The summed E-state index contributed by atoms with van der Waals surface area (Å²) in [6, 6.07) is 7.88. The SMILES string of the molecule is COc1ccccc1NCC(C)CN. The van der Waals surface area contributed by atoms with Gasteiger partial charge in [0.25, 0.3) is 0 Å². The van der Waals surface area contributed by atoms with Crippen LogP contribution in [0.25, 0.3) is 0 Å². The standard InChI is InChI=1S/C11H18N2O/c1-9(7-12)8-13-10-5-3-4-6-11(10)14-2/h3-6,9,13H,7-8,12H2,1-2H3. The third kappa shape index (κ3) is 2.92. The van der Waals surface area contributed by atoms with Crippen molar-refractivity contribution < 1.29 is 4.74 Å². The lowest BCUT2D eigenvalue weighted by Crippen LogP contribution is -2.19. The van der Waals surface area contributed by atoms with Crippen molar-refractivity contribution in [2.45, 2.75) is 6.92 Å². The summed E-state index contributed by atoms with van der Waals surface area (Å²) >= 11 is 0. The Bertz CT molecular complexity index is 276. The molecule has 0 aromatic heterocycles. The van der Waals surface area contributed by atoms with E-state index in [9.17, 15) is 0 Å². The lowest BCUT2D eigenvalue weighted by molar-refractivity contribution is 0.416. The second kappa shape index (κ2) is 5.50. The molecule has 0 radical (unpaired) electrons. The highest BCUT2D eigenvalue weighted by Gasteiger charge is 2.02. The maximum atomic E-state index is 5.54. The molecule has 0 saturated carbocycles. The van der Waals surface area contributed by atoms with Gasteiger partial charge in [-0.15, -0.1) is 0 Å². The number of benzene rings is 1. The predicted octanol–water partition coefficient (Wildman–Crippen LogP) is 1.70. The Balaban J connectivity index is 2.57. The van der Waals surface area contributed by atoms with Gasteiger partial charge < -0.3 is 15.8 Å². The van der Waals surface area contributed by atoms with Crippen molar-refractivity contribution in [2.24, 2.45) is 11.7 Å². The topological polar surface area (TPSA) is 47.3 Å². The quantitative estimate of drug-likeness (QED) is 0.750. The Morgan fingerprint density at radius 2 is 2.14 bits per heavy atom. The molecule has 0 aliphatic carbocycles. The normalized spacial score (nSPS) is 12.2. The van der Waals surface area contributed by atoms with Crippen molar-refractivity contribution >= 4 is 5.69 Å². The fraction of sp³-hybridized carbons (Fsp3) is 0.455. The zero-order valence-corrected chi connectivity index (χ0v) is 8.79. The third-order valence-corrected chi connectivity index (χ3v) is 2.15. The number of ether oxygens (including phenoxy) is 1. The second-order valence-electron chi connectivity index (χ2n) is 3.42. The number of methoxy groups -OCH3 is 1. The maximum Gasteiger partial charge on any atom is 0.141 e. The molecule has 0 bridgehead atoms. The number of nitrogens with two attached hydrogens (primary N) is 1. The molecular weight excluding hydrogens is 176 g/mol. The summed E-state index contributed by atoms with van der Waals surface area (Å²) < 4.78 is 5.22. The highest BCUT2D eigenvalue weighted by Crippen LogP contribution is 2.22. The highest BCUT2D eigenvalue weighted by atomic mass is 16.5. The minimum atomic E-state index is 0.472. The Hall–Kier alpha value is -1.22. The molecule has 0 amide bonds. The lowest BCUT2D eigenvalue weighted by atomic mass is 10.2. The van der Waals surface area contributed by atoms with Crippen LogP contribution >= 0.6 is 0 Å². The van der Waals surface area contributed by atoms with Crippen LogP contribution in [0.4, 0.5) is 5.69 Å². The van der Waals surface area contributed by atoms with Crippen LogP contribution in [0.2, 0.25) is 0 Å². The van der Waals surface area contributed by atoms with E-state index in [-0.39, 0.29) is 0 Å². The number of nitrogens with one attached hydrogen (secondary N) is 1. The van der Waals surface area contributed by atoms with E-state index in [2.05, 4.69) is 12.2 Å². The molecule has 3 nitrogen and oxygen atoms in total. The third-order valence-electron chi connectivity index (χ3n) is 2.15. The van der Waals surface area contributed by atoms with Crippen molar-refractivity contribution in [1.29, 1.82) is 0 Å². The minimum absolute atomic E-state index is 0.472. The first-order valence-corrected chi connectivity index (χ1v) is 4.85. The average molecular weight is 194 g/mol. The molecule has 1 aromatic rings. The zero-order chi connectivity index (χ0) is 10.4. The number of para-hydroxylation sites is 2. The van der Waals surface area contributed by atoms with E-state index in [1.807, 2.05) is 24.3 Å².